The molecule has 1 heterocycles. The number of aryl methyl sites for hydroxylation is 1. The first kappa shape index (κ1) is 22.0. The number of amides is 1. The van der Waals surface area contributed by atoms with Gasteiger partial charge in [-0.1, -0.05) is 18.2 Å². The predicted molar refractivity (Wildman–Crippen MR) is 122 cm³/mol. The SMILES string of the molecule is Cc1cc(C(=O)Nc2ccc(C#N)cc2C(=O)O)cc(S(=O)(=O)N2CCc3ccccc32)c1. The van der Waals surface area contributed by atoms with Crippen molar-refractivity contribution in [2.75, 3.05) is 16.2 Å². The van der Waals surface area contributed by atoms with Crippen LogP contribution >= 0.6 is 0 Å². The summed E-state index contributed by atoms with van der Waals surface area (Å²) in [5.41, 5.74) is 2.10. The second-order valence-electron chi connectivity index (χ2n) is 7.62. The Morgan fingerprint density at radius 1 is 1.09 bits per heavy atom. The van der Waals surface area contributed by atoms with E-state index in [2.05, 4.69) is 5.32 Å². The van der Waals surface area contributed by atoms with E-state index in [1.165, 1.54) is 34.6 Å². The first-order chi connectivity index (χ1) is 15.7. The molecule has 0 aliphatic carbocycles. The van der Waals surface area contributed by atoms with Crippen molar-refractivity contribution < 1.29 is 23.1 Å². The van der Waals surface area contributed by atoms with Crippen LogP contribution < -0.4 is 9.62 Å². The van der Waals surface area contributed by atoms with E-state index in [-0.39, 0.29) is 27.3 Å². The Balaban J connectivity index is 1.68. The molecule has 3 aromatic rings. The lowest BCUT2D eigenvalue weighted by atomic mass is 10.1. The van der Waals surface area contributed by atoms with E-state index in [9.17, 15) is 23.1 Å². The highest BCUT2D eigenvalue weighted by Gasteiger charge is 2.31. The molecule has 2 N–H and O–H groups in total. The fourth-order valence-corrected chi connectivity index (χ4v) is 5.44. The van der Waals surface area contributed by atoms with E-state index in [0.717, 1.165) is 11.6 Å². The van der Waals surface area contributed by atoms with E-state index < -0.39 is 21.9 Å². The molecule has 0 aromatic heterocycles. The van der Waals surface area contributed by atoms with Crippen LogP contribution in [0.3, 0.4) is 0 Å². The fraction of sp³-hybridized carbons (Fsp3) is 0.125. The van der Waals surface area contributed by atoms with E-state index in [1.807, 2.05) is 18.2 Å². The molecule has 0 spiro atoms. The Labute approximate surface area is 190 Å². The molecule has 33 heavy (non-hydrogen) atoms. The molecule has 0 saturated heterocycles. The zero-order valence-electron chi connectivity index (χ0n) is 17.6. The van der Waals surface area contributed by atoms with Crippen molar-refractivity contribution in [3.63, 3.8) is 0 Å². The van der Waals surface area contributed by atoms with Gasteiger partial charge in [0.1, 0.15) is 0 Å². The highest BCUT2D eigenvalue weighted by Crippen LogP contribution is 2.33. The summed E-state index contributed by atoms with van der Waals surface area (Å²) >= 11 is 0. The van der Waals surface area contributed by atoms with Crippen LogP contribution in [0.4, 0.5) is 11.4 Å². The topological polar surface area (TPSA) is 128 Å². The molecular weight excluding hydrogens is 442 g/mol. The van der Waals surface area contributed by atoms with Crippen LogP contribution in [0.5, 0.6) is 0 Å². The summed E-state index contributed by atoms with van der Waals surface area (Å²) < 4.78 is 28.1. The first-order valence-corrected chi connectivity index (χ1v) is 11.5. The monoisotopic (exact) mass is 461 g/mol. The van der Waals surface area contributed by atoms with Crippen molar-refractivity contribution in [3.05, 3.63) is 88.5 Å². The summed E-state index contributed by atoms with van der Waals surface area (Å²) in [6.45, 7) is 1.99. The molecule has 9 heteroatoms. The number of para-hydroxylation sites is 1. The van der Waals surface area contributed by atoms with Gasteiger partial charge in [-0.2, -0.15) is 5.26 Å². The summed E-state index contributed by atoms with van der Waals surface area (Å²) in [6.07, 6.45) is 0.602. The number of nitrogens with zero attached hydrogens (tertiary/aromatic N) is 2. The average Bonchev–Trinajstić information content (AvgIpc) is 3.24. The van der Waals surface area contributed by atoms with Gasteiger partial charge in [0.2, 0.25) is 0 Å². The van der Waals surface area contributed by atoms with Crippen LogP contribution in [0, 0.1) is 18.3 Å². The maximum absolute atomic E-state index is 13.4. The third kappa shape index (κ3) is 4.16. The van der Waals surface area contributed by atoms with E-state index in [0.29, 0.717) is 24.2 Å². The molecule has 0 radical (unpaired) electrons. The first-order valence-electron chi connectivity index (χ1n) is 10.0. The zero-order valence-corrected chi connectivity index (χ0v) is 18.4. The van der Waals surface area contributed by atoms with Gasteiger partial charge in [-0.05, 0) is 66.9 Å². The normalized spacial score (nSPS) is 12.7. The van der Waals surface area contributed by atoms with E-state index >= 15 is 0 Å². The van der Waals surface area contributed by atoms with Crippen LogP contribution in [0.2, 0.25) is 0 Å². The maximum atomic E-state index is 13.4. The number of aromatic carboxylic acids is 1. The molecule has 0 saturated carbocycles. The van der Waals surface area contributed by atoms with E-state index in [4.69, 9.17) is 5.26 Å². The molecule has 166 valence electrons. The highest BCUT2D eigenvalue weighted by atomic mass is 32.2. The van der Waals surface area contributed by atoms with Crippen molar-refractivity contribution in [1.82, 2.24) is 0 Å². The number of rotatable bonds is 5. The standard InChI is InChI=1S/C24H19N3O5S/c1-15-10-18(23(28)26-21-7-6-16(14-25)12-20(21)24(29)30)13-19(11-15)33(31,32)27-9-8-17-4-2-3-5-22(17)27/h2-7,10-13H,8-9H2,1H3,(H,26,28)(H,29,30). The summed E-state index contributed by atoms with van der Waals surface area (Å²) in [7, 11) is -3.91. The van der Waals surface area contributed by atoms with Gasteiger partial charge < -0.3 is 10.4 Å². The molecule has 0 atom stereocenters. The molecule has 3 aromatic carbocycles. The molecule has 1 aliphatic heterocycles. The quantitative estimate of drug-likeness (QED) is 0.598. The van der Waals surface area contributed by atoms with Gasteiger partial charge >= 0.3 is 5.97 Å². The third-order valence-corrected chi connectivity index (χ3v) is 7.16. The number of carboxylic acids is 1. The van der Waals surface area contributed by atoms with Gasteiger partial charge in [0, 0.05) is 12.1 Å². The van der Waals surface area contributed by atoms with Crippen LogP contribution in [0.1, 0.15) is 37.4 Å². The van der Waals surface area contributed by atoms with Crippen LogP contribution in [-0.2, 0) is 16.4 Å². The van der Waals surface area contributed by atoms with Crippen LogP contribution in [0.15, 0.2) is 65.6 Å². The molecule has 1 aliphatic rings. The fourth-order valence-electron chi connectivity index (χ4n) is 3.81. The summed E-state index contributed by atoms with van der Waals surface area (Å²) in [5.74, 6) is -1.97. The number of benzene rings is 3. The largest absolute Gasteiger partial charge is 0.478 e. The maximum Gasteiger partial charge on any atom is 0.337 e. The lowest BCUT2D eigenvalue weighted by molar-refractivity contribution is 0.0698. The van der Waals surface area contributed by atoms with Crippen molar-refractivity contribution in [2.45, 2.75) is 18.2 Å². The van der Waals surface area contributed by atoms with Gasteiger partial charge in [0.05, 0.1) is 33.5 Å². The van der Waals surface area contributed by atoms with Crippen LogP contribution in [-0.4, -0.2) is 31.9 Å². The van der Waals surface area contributed by atoms with Crippen molar-refractivity contribution in [3.8, 4) is 6.07 Å². The number of nitriles is 1. The third-order valence-electron chi connectivity index (χ3n) is 5.37. The smallest absolute Gasteiger partial charge is 0.337 e. The Bertz CT molecular complexity index is 1440. The number of sulfonamides is 1. The van der Waals surface area contributed by atoms with E-state index in [1.54, 1.807) is 19.1 Å². The number of hydrogen-bond donors (Lipinski definition) is 2. The molecule has 8 nitrogen and oxygen atoms in total. The van der Waals surface area contributed by atoms with Crippen LogP contribution in [0.25, 0.3) is 0 Å². The van der Waals surface area contributed by atoms with Gasteiger partial charge in [-0.3, -0.25) is 9.10 Å². The Morgan fingerprint density at radius 2 is 1.85 bits per heavy atom. The molecule has 1 amide bonds. The van der Waals surface area contributed by atoms with Gasteiger partial charge in [0.15, 0.2) is 0 Å². The number of nitrogens with one attached hydrogen (secondary N) is 1. The summed E-state index contributed by atoms with van der Waals surface area (Å²) in [5, 5.41) is 20.9. The van der Waals surface area contributed by atoms with Gasteiger partial charge in [-0.25, -0.2) is 13.2 Å². The summed E-state index contributed by atoms with van der Waals surface area (Å²) in [4.78, 5) is 24.4. The van der Waals surface area contributed by atoms with Gasteiger partial charge in [-0.15, -0.1) is 0 Å². The number of anilines is 2. The van der Waals surface area contributed by atoms with Gasteiger partial charge in [0.25, 0.3) is 15.9 Å². The minimum Gasteiger partial charge on any atom is -0.478 e. The Kier molecular flexibility index (Phi) is 5.62. The second kappa shape index (κ2) is 8.41. The lowest BCUT2D eigenvalue weighted by Crippen LogP contribution is -2.29. The average molecular weight is 461 g/mol. The van der Waals surface area contributed by atoms with Crippen molar-refractivity contribution in [1.29, 1.82) is 5.26 Å². The number of fused-ring (bicyclic) bond motifs is 1. The number of hydrogen-bond acceptors (Lipinski definition) is 5. The molecule has 0 bridgehead atoms. The Morgan fingerprint density at radius 3 is 2.58 bits per heavy atom. The molecular formula is C24H19N3O5S. The number of carbonyl (C=O) groups excluding carboxylic acids is 1. The second-order valence-corrected chi connectivity index (χ2v) is 9.48. The number of carboxylic acid groups (broad SMARTS) is 1. The van der Waals surface area contributed by atoms with Crippen molar-refractivity contribution in [2.24, 2.45) is 0 Å². The molecule has 0 unspecified atom stereocenters. The highest BCUT2D eigenvalue weighted by molar-refractivity contribution is 7.92. The number of carbonyl (C=O) groups is 2. The molecule has 0 fully saturated rings. The summed E-state index contributed by atoms with van der Waals surface area (Å²) in [6, 6.07) is 17.3. The predicted octanol–water partition coefficient (Wildman–Crippen LogP) is 3.57. The minimum atomic E-state index is -3.91. The lowest BCUT2D eigenvalue weighted by Gasteiger charge is -2.20. The van der Waals surface area contributed by atoms with Crippen molar-refractivity contribution >= 4 is 33.3 Å². The minimum absolute atomic E-state index is 0.00545. The molecule has 4 rings (SSSR count). The zero-order chi connectivity index (χ0) is 23.8. The Hall–Kier alpha value is -4.16.